The number of aryl methyl sites for hydroxylation is 1. The Hall–Kier alpha value is -2.53. The lowest BCUT2D eigenvalue weighted by Crippen LogP contribution is -1.82. The van der Waals surface area contributed by atoms with Gasteiger partial charge in [0.1, 0.15) is 5.76 Å². The first kappa shape index (κ1) is 10.6. The number of furan rings is 1. The van der Waals surface area contributed by atoms with Crippen molar-refractivity contribution in [1.82, 2.24) is 0 Å². The average Bonchev–Trinajstić information content (AvgIpc) is 2.81. The smallest absolute Gasteiger partial charge is 0.143 e. The van der Waals surface area contributed by atoms with Gasteiger partial charge in [0, 0.05) is 16.3 Å². The predicted octanol–water partition coefficient (Wildman–Crippen LogP) is 4.28. The second kappa shape index (κ2) is 4.05. The zero-order chi connectivity index (χ0) is 12.5. The zero-order valence-corrected chi connectivity index (χ0v) is 9.97. The number of rotatable bonds is 1. The van der Waals surface area contributed by atoms with E-state index >= 15 is 0 Å². The van der Waals surface area contributed by atoms with Crippen LogP contribution in [0.4, 0.5) is 0 Å². The van der Waals surface area contributed by atoms with Crippen LogP contribution in [0.2, 0.25) is 0 Å². The molecular formula is C16H11NO. The predicted molar refractivity (Wildman–Crippen MR) is 71.1 cm³/mol. The molecule has 0 saturated carbocycles. The van der Waals surface area contributed by atoms with Gasteiger partial charge in [0.2, 0.25) is 0 Å². The van der Waals surface area contributed by atoms with Gasteiger partial charge in [-0.05, 0) is 25.1 Å². The first-order valence-electron chi connectivity index (χ1n) is 5.77. The minimum atomic E-state index is 0.634. The van der Waals surface area contributed by atoms with Gasteiger partial charge in [-0.25, -0.2) is 0 Å². The summed E-state index contributed by atoms with van der Waals surface area (Å²) in [6.45, 7) is 2.05. The Labute approximate surface area is 105 Å². The van der Waals surface area contributed by atoms with Crippen molar-refractivity contribution in [3.63, 3.8) is 0 Å². The highest BCUT2D eigenvalue weighted by Crippen LogP contribution is 2.32. The highest BCUT2D eigenvalue weighted by molar-refractivity contribution is 5.95. The molecule has 0 N–H and O–H groups in total. The van der Waals surface area contributed by atoms with Gasteiger partial charge in [0.25, 0.3) is 0 Å². The monoisotopic (exact) mass is 233 g/mol. The molecule has 0 aliphatic rings. The lowest BCUT2D eigenvalue weighted by molar-refractivity contribution is 0.587. The van der Waals surface area contributed by atoms with E-state index in [-0.39, 0.29) is 0 Å². The molecule has 0 amide bonds. The van der Waals surface area contributed by atoms with Gasteiger partial charge in [0.05, 0.1) is 17.9 Å². The van der Waals surface area contributed by atoms with Crippen molar-refractivity contribution in [3.8, 4) is 17.4 Å². The summed E-state index contributed by atoms with van der Waals surface area (Å²) >= 11 is 0. The highest BCUT2D eigenvalue weighted by Gasteiger charge is 2.11. The van der Waals surface area contributed by atoms with Crippen molar-refractivity contribution < 1.29 is 4.42 Å². The van der Waals surface area contributed by atoms with Crippen LogP contribution in [0.15, 0.2) is 53.1 Å². The van der Waals surface area contributed by atoms with Crippen molar-refractivity contribution in [2.75, 3.05) is 0 Å². The molecule has 0 bridgehead atoms. The second-order valence-corrected chi connectivity index (χ2v) is 4.31. The molecule has 0 aliphatic carbocycles. The van der Waals surface area contributed by atoms with Crippen LogP contribution in [0, 0.1) is 18.3 Å². The summed E-state index contributed by atoms with van der Waals surface area (Å²) in [5.74, 6) is 0.766. The maximum Gasteiger partial charge on any atom is 0.143 e. The summed E-state index contributed by atoms with van der Waals surface area (Å²) in [7, 11) is 0. The van der Waals surface area contributed by atoms with Crippen LogP contribution in [0.5, 0.6) is 0 Å². The van der Waals surface area contributed by atoms with Crippen LogP contribution < -0.4 is 0 Å². The molecule has 0 radical (unpaired) electrons. The highest BCUT2D eigenvalue weighted by atomic mass is 16.3. The number of benzene rings is 2. The van der Waals surface area contributed by atoms with Crippen molar-refractivity contribution in [1.29, 1.82) is 5.26 Å². The Morgan fingerprint density at radius 3 is 2.78 bits per heavy atom. The van der Waals surface area contributed by atoms with Gasteiger partial charge in [-0.1, -0.05) is 29.8 Å². The molecule has 2 heteroatoms. The van der Waals surface area contributed by atoms with Crippen LogP contribution in [-0.2, 0) is 0 Å². The van der Waals surface area contributed by atoms with Gasteiger partial charge >= 0.3 is 0 Å². The molecule has 86 valence electrons. The van der Waals surface area contributed by atoms with E-state index in [1.165, 1.54) is 5.56 Å². The Bertz CT molecular complexity index is 762. The summed E-state index contributed by atoms with van der Waals surface area (Å²) in [6, 6.07) is 15.9. The van der Waals surface area contributed by atoms with Crippen LogP contribution in [0.1, 0.15) is 11.1 Å². The maximum atomic E-state index is 9.14. The summed E-state index contributed by atoms with van der Waals surface area (Å²) in [5, 5.41) is 11.3. The topological polar surface area (TPSA) is 36.9 Å². The summed E-state index contributed by atoms with van der Waals surface area (Å²) in [6.07, 6.45) is 1.74. The molecule has 0 fully saturated rings. The fourth-order valence-electron chi connectivity index (χ4n) is 2.16. The SMILES string of the molecule is Cc1ccc2c(-c3ccccc3C#N)occ2c1. The van der Waals surface area contributed by atoms with Crippen molar-refractivity contribution in [2.24, 2.45) is 0 Å². The molecule has 0 aliphatic heterocycles. The van der Waals surface area contributed by atoms with Crippen molar-refractivity contribution in [3.05, 3.63) is 59.9 Å². The number of nitriles is 1. The van der Waals surface area contributed by atoms with Crippen LogP contribution >= 0.6 is 0 Å². The molecule has 18 heavy (non-hydrogen) atoms. The lowest BCUT2D eigenvalue weighted by Gasteiger charge is -2.01. The Kier molecular flexibility index (Phi) is 2.39. The van der Waals surface area contributed by atoms with E-state index in [1.54, 1.807) is 12.3 Å². The molecule has 2 aromatic carbocycles. The van der Waals surface area contributed by atoms with E-state index in [4.69, 9.17) is 9.68 Å². The standard InChI is InChI=1S/C16H11NO/c1-11-6-7-15-13(8-11)10-18-16(15)14-5-3-2-4-12(14)9-17/h2-8,10H,1H3. The van der Waals surface area contributed by atoms with Gasteiger partial charge in [-0.15, -0.1) is 0 Å². The van der Waals surface area contributed by atoms with Crippen LogP contribution in [0.3, 0.4) is 0 Å². The quantitative estimate of drug-likeness (QED) is 0.629. The number of fused-ring (bicyclic) bond motifs is 1. The first-order valence-corrected chi connectivity index (χ1v) is 5.77. The summed E-state index contributed by atoms with van der Waals surface area (Å²) in [4.78, 5) is 0. The second-order valence-electron chi connectivity index (χ2n) is 4.31. The van der Waals surface area contributed by atoms with Gasteiger partial charge in [-0.2, -0.15) is 5.26 Å². The molecule has 2 nitrogen and oxygen atoms in total. The number of nitrogens with zero attached hydrogens (tertiary/aromatic N) is 1. The maximum absolute atomic E-state index is 9.14. The zero-order valence-electron chi connectivity index (χ0n) is 9.97. The molecule has 0 saturated heterocycles. The molecule has 1 aromatic heterocycles. The minimum Gasteiger partial charge on any atom is -0.463 e. The minimum absolute atomic E-state index is 0.634. The lowest BCUT2D eigenvalue weighted by atomic mass is 10.0. The molecule has 3 rings (SSSR count). The molecular weight excluding hydrogens is 222 g/mol. The van der Waals surface area contributed by atoms with E-state index in [2.05, 4.69) is 25.1 Å². The first-order chi connectivity index (χ1) is 8.79. The molecule has 1 heterocycles. The van der Waals surface area contributed by atoms with Crippen LogP contribution in [0.25, 0.3) is 22.1 Å². The normalized spacial score (nSPS) is 10.4. The number of hydrogen-bond donors (Lipinski definition) is 0. The van der Waals surface area contributed by atoms with Gasteiger partial charge < -0.3 is 4.42 Å². The van der Waals surface area contributed by atoms with Crippen molar-refractivity contribution >= 4 is 10.8 Å². The molecule has 0 spiro atoms. The van der Waals surface area contributed by atoms with E-state index < -0.39 is 0 Å². The largest absolute Gasteiger partial charge is 0.463 e. The Morgan fingerprint density at radius 1 is 1.11 bits per heavy atom. The van der Waals surface area contributed by atoms with Gasteiger partial charge in [0.15, 0.2) is 0 Å². The third-order valence-electron chi connectivity index (χ3n) is 3.05. The fraction of sp³-hybridized carbons (Fsp3) is 0.0625. The van der Waals surface area contributed by atoms with E-state index in [0.29, 0.717) is 5.56 Å². The molecule has 3 aromatic rings. The van der Waals surface area contributed by atoms with Crippen molar-refractivity contribution in [2.45, 2.75) is 6.92 Å². The van der Waals surface area contributed by atoms with E-state index in [9.17, 15) is 0 Å². The molecule has 0 atom stereocenters. The average molecular weight is 233 g/mol. The molecule has 0 unspecified atom stereocenters. The van der Waals surface area contributed by atoms with E-state index in [1.807, 2.05) is 24.3 Å². The van der Waals surface area contributed by atoms with Gasteiger partial charge in [-0.3, -0.25) is 0 Å². The number of hydrogen-bond acceptors (Lipinski definition) is 2. The van der Waals surface area contributed by atoms with E-state index in [0.717, 1.165) is 22.1 Å². The van der Waals surface area contributed by atoms with Crippen LogP contribution in [-0.4, -0.2) is 0 Å². The summed E-state index contributed by atoms with van der Waals surface area (Å²) < 4.78 is 5.65. The Morgan fingerprint density at radius 2 is 1.94 bits per heavy atom. The third kappa shape index (κ3) is 1.57. The third-order valence-corrected chi connectivity index (χ3v) is 3.05. The fourth-order valence-corrected chi connectivity index (χ4v) is 2.16. The Balaban J connectivity index is 2.30. The summed E-state index contributed by atoms with van der Waals surface area (Å²) in [5.41, 5.74) is 2.68.